The number of anilines is 1. The van der Waals surface area contributed by atoms with Crippen molar-refractivity contribution in [1.82, 2.24) is 4.98 Å². The maximum absolute atomic E-state index is 13.4. The predicted octanol–water partition coefficient (Wildman–Crippen LogP) is 10.8. The van der Waals surface area contributed by atoms with Crippen LogP contribution in [0.25, 0.3) is 10.2 Å². The fourth-order valence-corrected chi connectivity index (χ4v) is 7.70. The minimum Gasteiger partial charge on any atom is -0.494 e. The number of hydrogen-bond acceptors (Lipinski definition) is 11. The lowest BCUT2D eigenvalue weighted by atomic mass is 9.82. The maximum Gasteiger partial charge on any atom is 0.330 e. The van der Waals surface area contributed by atoms with Gasteiger partial charge < -0.3 is 18.9 Å². The van der Waals surface area contributed by atoms with Crippen LogP contribution in [0, 0.1) is 18.8 Å². The SMILES string of the molecule is C=CC(=O)OCCCCCCCCOc1ccc(OC(=O)C2CCC(C(=O)Oc3ccc(C)cc3/C=N/N(CCCCCC)c3nc4ccccc4s3)CC2)cc1. The number of aryl methyl sites for hydroxylation is 1. The van der Waals surface area contributed by atoms with E-state index in [4.69, 9.17) is 29.0 Å². The lowest BCUT2D eigenvalue weighted by molar-refractivity contribution is -0.145. The molecule has 0 N–H and O–H groups in total. The van der Waals surface area contributed by atoms with Gasteiger partial charge in [0.1, 0.15) is 17.2 Å². The topological polar surface area (TPSA) is 117 Å². The number of nitrogens with zero attached hydrogens (tertiary/aromatic N) is 3. The van der Waals surface area contributed by atoms with E-state index in [2.05, 4.69) is 19.6 Å². The lowest BCUT2D eigenvalue weighted by Crippen LogP contribution is -2.30. The van der Waals surface area contributed by atoms with E-state index in [0.29, 0.717) is 50.4 Å². The Balaban J connectivity index is 1.05. The van der Waals surface area contributed by atoms with E-state index in [1.165, 1.54) is 12.5 Å². The molecule has 0 amide bonds. The van der Waals surface area contributed by atoms with Crippen molar-refractivity contribution in [3.63, 3.8) is 0 Å². The van der Waals surface area contributed by atoms with Gasteiger partial charge in [0.2, 0.25) is 5.13 Å². The summed E-state index contributed by atoms with van der Waals surface area (Å²) in [6.45, 7) is 9.39. The van der Waals surface area contributed by atoms with Crippen LogP contribution in [0.2, 0.25) is 0 Å². The first-order valence-corrected chi connectivity index (χ1v) is 21.4. The average Bonchev–Trinajstić information content (AvgIpc) is 3.67. The van der Waals surface area contributed by atoms with Crippen LogP contribution in [-0.4, -0.2) is 48.9 Å². The first-order chi connectivity index (χ1) is 27.8. The molecule has 11 heteroatoms. The number of benzene rings is 3. The third-order valence-electron chi connectivity index (χ3n) is 10.1. The number of carbonyl (C=O) groups excluding carboxylic acids is 3. The highest BCUT2D eigenvalue weighted by atomic mass is 32.1. The molecule has 0 unspecified atom stereocenters. The van der Waals surface area contributed by atoms with E-state index in [1.807, 2.05) is 60.5 Å². The van der Waals surface area contributed by atoms with Crippen molar-refractivity contribution in [2.45, 2.75) is 104 Å². The third-order valence-corrected chi connectivity index (χ3v) is 11.1. The van der Waals surface area contributed by atoms with Crippen LogP contribution >= 0.6 is 11.3 Å². The quantitative estimate of drug-likeness (QED) is 0.0181. The monoisotopic (exact) mass is 795 g/mol. The Morgan fingerprint density at radius 3 is 2.16 bits per heavy atom. The van der Waals surface area contributed by atoms with Crippen LogP contribution in [0.4, 0.5) is 5.13 Å². The molecule has 0 atom stereocenters. The molecule has 4 aromatic rings. The van der Waals surface area contributed by atoms with Gasteiger partial charge in [-0.2, -0.15) is 5.10 Å². The van der Waals surface area contributed by atoms with Gasteiger partial charge >= 0.3 is 17.9 Å². The first-order valence-electron chi connectivity index (χ1n) is 20.6. The number of aromatic nitrogens is 1. The molecule has 57 heavy (non-hydrogen) atoms. The molecule has 0 saturated heterocycles. The molecule has 304 valence electrons. The molecule has 1 aliphatic carbocycles. The Kier molecular flexibility index (Phi) is 17.6. The molecule has 1 heterocycles. The van der Waals surface area contributed by atoms with Gasteiger partial charge in [-0.05, 0) is 100 Å². The summed E-state index contributed by atoms with van der Waals surface area (Å²) in [7, 11) is 0. The second-order valence-electron chi connectivity index (χ2n) is 14.6. The number of carbonyl (C=O) groups is 3. The standard InChI is InChI=1S/C46H57N3O7S/c1-4-6-7-14-29-49(46-48-40-17-12-13-18-42(40)57-46)47-33-37-32-34(3)19-28-41(37)56-45(52)36-22-20-35(21-23-36)44(51)55-39-26-24-38(25-27-39)53-30-15-10-8-9-11-16-31-54-43(50)5-2/h5,12-13,17-19,24-28,32-33,35-36H,2,4,6-11,14-16,20-23,29-31H2,1,3H3/b47-33+. The van der Waals surface area contributed by atoms with Crippen molar-refractivity contribution in [3.05, 3.63) is 90.5 Å². The second kappa shape index (κ2) is 23.3. The molecule has 1 aromatic heterocycles. The molecule has 0 radical (unpaired) electrons. The zero-order valence-electron chi connectivity index (χ0n) is 33.5. The molecular weight excluding hydrogens is 739 g/mol. The van der Waals surface area contributed by atoms with Crippen LogP contribution in [0.1, 0.15) is 108 Å². The van der Waals surface area contributed by atoms with Crippen molar-refractivity contribution in [2.24, 2.45) is 16.9 Å². The summed E-state index contributed by atoms with van der Waals surface area (Å²) in [6, 6.07) is 21.0. The number of fused-ring (bicyclic) bond motifs is 1. The van der Waals surface area contributed by atoms with Gasteiger partial charge in [0.25, 0.3) is 0 Å². The van der Waals surface area contributed by atoms with Gasteiger partial charge in [-0.1, -0.05) is 93.5 Å². The highest BCUT2D eigenvalue weighted by Gasteiger charge is 2.32. The summed E-state index contributed by atoms with van der Waals surface area (Å²) in [4.78, 5) is 42.4. The molecule has 1 saturated carbocycles. The van der Waals surface area contributed by atoms with E-state index in [0.717, 1.165) is 96.6 Å². The molecule has 3 aromatic carbocycles. The number of esters is 3. The third kappa shape index (κ3) is 14.1. The summed E-state index contributed by atoms with van der Waals surface area (Å²) in [5.74, 6) is 0.156. The molecule has 0 bridgehead atoms. The van der Waals surface area contributed by atoms with Crippen molar-refractivity contribution in [2.75, 3.05) is 24.8 Å². The number of thiazole rings is 1. The van der Waals surface area contributed by atoms with E-state index >= 15 is 0 Å². The van der Waals surface area contributed by atoms with Gasteiger partial charge in [0.15, 0.2) is 0 Å². The number of unbranched alkanes of at least 4 members (excludes halogenated alkanes) is 8. The molecule has 5 rings (SSSR count). The Hall–Kier alpha value is -5.03. The fourth-order valence-electron chi connectivity index (χ4n) is 6.75. The number of hydrazone groups is 1. The normalized spacial score (nSPS) is 15.3. The zero-order chi connectivity index (χ0) is 40.2. The second-order valence-corrected chi connectivity index (χ2v) is 15.6. The molecule has 1 aliphatic rings. The number of hydrogen-bond donors (Lipinski definition) is 0. The van der Waals surface area contributed by atoms with Gasteiger partial charge in [0.05, 0.1) is 41.5 Å². The summed E-state index contributed by atoms with van der Waals surface area (Å²) in [6.07, 6.45) is 15.7. The molecule has 0 spiro atoms. The Morgan fingerprint density at radius 2 is 1.46 bits per heavy atom. The fraction of sp³-hybridized carbons (Fsp3) is 0.457. The van der Waals surface area contributed by atoms with Crippen molar-refractivity contribution in [1.29, 1.82) is 0 Å². The van der Waals surface area contributed by atoms with Gasteiger partial charge in [0, 0.05) is 18.2 Å². The molecule has 10 nitrogen and oxygen atoms in total. The Labute approximate surface area is 341 Å². The van der Waals surface area contributed by atoms with Crippen molar-refractivity contribution < 1.29 is 33.3 Å². The lowest BCUT2D eigenvalue weighted by Gasteiger charge is -2.26. The van der Waals surface area contributed by atoms with E-state index < -0.39 is 0 Å². The van der Waals surface area contributed by atoms with Gasteiger partial charge in [-0.15, -0.1) is 0 Å². The smallest absolute Gasteiger partial charge is 0.330 e. The van der Waals surface area contributed by atoms with E-state index in [9.17, 15) is 14.4 Å². The zero-order valence-corrected chi connectivity index (χ0v) is 34.3. The Bertz CT molecular complexity index is 1880. The minimum absolute atomic E-state index is 0.278. The van der Waals surface area contributed by atoms with Crippen molar-refractivity contribution in [3.8, 4) is 17.2 Å². The largest absolute Gasteiger partial charge is 0.494 e. The number of rotatable bonds is 23. The van der Waals surface area contributed by atoms with Crippen LogP contribution in [0.3, 0.4) is 0 Å². The summed E-state index contributed by atoms with van der Waals surface area (Å²) in [5, 5.41) is 7.68. The molecule has 1 fully saturated rings. The van der Waals surface area contributed by atoms with Gasteiger partial charge in [-0.25, -0.2) is 14.8 Å². The highest BCUT2D eigenvalue weighted by Crippen LogP contribution is 2.33. The molecule has 0 aliphatic heterocycles. The predicted molar refractivity (Wildman–Crippen MR) is 227 cm³/mol. The number of para-hydroxylation sites is 1. The highest BCUT2D eigenvalue weighted by molar-refractivity contribution is 7.22. The van der Waals surface area contributed by atoms with Crippen LogP contribution in [0.5, 0.6) is 17.2 Å². The average molecular weight is 796 g/mol. The summed E-state index contributed by atoms with van der Waals surface area (Å²) >= 11 is 1.62. The van der Waals surface area contributed by atoms with Crippen LogP contribution in [0.15, 0.2) is 84.5 Å². The van der Waals surface area contributed by atoms with Crippen molar-refractivity contribution >= 4 is 50.8 Å². The maximum atomic E-state index is 13.4. The van der Waals surface area contributed by atoms with Crippen LogP contribution < -0.4 is 19.2 Å². The first kappa shape index (κ1) is 43.1. The van der Waals surface area contributed by atoms with E-state index in [-0.39, 0.29) is 29.7 Å². The summed E-state index contributed by atoms with van der Waals surface area (Å²) < 4.78 is 23.7. The minimum atomic E-state index is -0.370. The number of ether oxygens (including phenoxy) is 4. The molecular formula is C46H57N3O7S. The van der Waals surface area contributed by atoms with E-state index in [1.54, 1.807) is 29.7 Å². The Morgan fingerprint density at radius 1 is 0.807 bits per heavy atom. The summed E-state index contributed by atoms with van der Waals surface area (Å²) in [5.41, 5.74) is 2.72. The van der Waals surface area contributed by atoms with Gasteiger partial charge in [-0.3, -0.25) is 9.59 Å². The van der Waals surface area contributed by atoms with Crippen LogP contribution in [-0.2, 0) is 19.1 Å².